The van der Waals surface area contributed by atoms with Gasteiger partial charge in [-0.25, -0.2) is 9.18 Å². The molecule has 160 valence electrons. The van der Waals surface area contributed by atoms with Crippen LogP contribution in [-0.4, -0.2) is 31.3 Å². The van der Waals surface area contributed by atoms with Crippen LogP contribution in [0.2, 0.25) is 0 Å². The second kappa shape index (κ2) is 10.6. The summed E-state index contributed by atoms with van der Waals surface area (Å²) >= 11 is 0. The Hall–Kier alpha value is -3.09. The molecular formula is C23H27FN2O4. The number of amides is 2. The van der Waals surface area contributed by atoms with Crippen LogP contribution in [0.15, 0.2) is 48.5 Å². The zero-order valence-electron chi connectivity index (χ0n) is 17.0. The van der Waals surface area contributed by atoms with Gasteiger partial charge in [0.05, 0.1) is 7.11 Å². The van der Waals surface area contributed by atoms with Crippen molar-refractivity contribution in [1.82, 2.24) is 5.32 Å². The molecule has 0 aliphatic heterocycles. The van der Waals surface area contributed by atoms with Gasteiger partial charge in [0.2, 0.25) is 5.91 Å². The highest BCUT2D eigenvalue weighted by atomic mass is 19.1. The van der Waals surface area contributed by atoms with E-state index in [1.807, 2.05) is 24.3 Å². The maximum atomic E-state index is 12.9. The van der Waals surface area contributed by atoms with E-state index < -0.39 is 6.09 Å². The van der Waals surface area contributed by atoms with Crippen LogP contribution in [-0.2, 0) is 16.0 Å². The van der Waals surface area contributed by atoms with Crippen molar-refractivity contribution in [3.05, 3.63) is 59.9 Å². The van der Waals surface area contributed by atoms with Gasteiger partial charge < -0.3 is 14.8 Å². The topological polar surface area (TPSA) is 76.7 Å². The number of ether oxygens (including phenoxy) is 2. The Morgan fingerprint density at radius 2 is 1.80 bits per heavy atom. The number of carbonyl (C=O) groups is 2. The molecule has 0 unspecified atom stereocenters. The molecule has 2 aromatic carbocycles. The Morgan fingerprint density at radius 3 is 2.50 bits per heavy atom. The van der Waals surface area contributed by atoms with E-state index in [2.05, 4.69) is 10.6 Å². The monoisotopic (exact) mass is 414 g/mol. The van der Waals surface area contributed by atoms with Gasteiger partial charge >= 0.3 is 6.09 Å². The van der Waals surface area contributed by atoms with Crippen LogP contribution in [0.25, 0.3) is 0 Å². The summed E-state index contributed by atoms with van der Waals surface area (Å²) in [7, 11) is 1.62. The fraction of sp³-hybridized carbons (Fsp3) is 0.391. The molecule has 2 atom stereocenters. The molecule has 1 aliphatic rings. The maximum Gasteiger partial charge on any atom is 0.411 e. The molecule has 0 heterocycles. The minimum atomic E-state index is -0.571. The average molecular weight is 414 g/mol. The molecule has 2 amide bonds. The number of anilines is 1. The summed E-state index contributed by atoms with van der Waals surface area (Å²) in [6.45, 7) is 0. The number of rotatable bonds is 7. The smallest absolute Gasteiger partial charge is 0.411 e. The standard InChI is InChI=1S/C23H27FN2O4/c1-29-20-12-5-16(6-13-20)7-14-22(27)25-19-3-2-4-21(15-19)30-23(28)26-18-10-8-17(24)9-11-18/h5-6,8-13,19,21H,2-4,7,14-15H2,1H3,(H,25,27)(H,26,28)/t19-,21+/m0/s1. The van der Waals surface area contributed by atoms with E-state index in [1.54, 1.807) is 7.11 Å². The van der Waals surface area contributed by atoms with E-state index in [1.165, 1.54) is 24.3 Å². The zero-order valence-corrected chi connectivity index (χ0v) is 17.0. The molecule has 0 radical (unpaired) electrons. The quantitative estimate of drug-likeness (QED) is 0.702. The molecular weight excluding hydrogens is 387 g/mol. The van der Waals surface area contributed by atoms with Crippen LogP contribution in [0.1, 0.15) is 37.7 Å². The number of carbonyl (C=O) groups excluding carboxylic acids is 2. The van der Waals surface area contributed by atoms with Gasteiger partial charge in [0.15, 0.2) is 0 Å². The third-order valence-corrected chi connectivity index (χ3v) is 5.16. The molecule has 2 N–H and O–H groups in total. The largest absolute Gasteiger partial charge is 0.497 e. The molecule has 0 bridgehead atoms. The Morgan fingerprint density at radius 1 is 1.07 bits per heavy atom. The highest BCUT2D eigenvalue weighted by Gasteiger charge is 2.26. The Bertz CT molecular complexity index is 839. The highest BCUT2D eigenvalue weighted by Crippen LogP contribution is 2.22. The van der Waals surface area contributed by atoms with Crippen LogP contribution in [0, 0.1) is 5.82 Å². The normalized spacial score (nSPS) is 18.3. The third-order valence-electron chi connectivity index (χ3n) is 5.16. The number of methoxy groups -OCH3 is 1. The first-order valence-electron chi connectivity index (χ1n) is 10.2. The molecule has 3 rings (SSSR count). The van der Waals surface area contributed by atoms with Crippen LogP contribution in [0.5, 0.6) is 5.75 Å². The lowest BCUT2D eigenvalue weighted by Crippen LogP contribution is -2.41. The molecule has 1 saturated carbocycles. The fourth-order valence-electron chi connectivity index (χ4n) is 3.56. The van der Waals surface area contributed by atoms with Crippen molar-refractivity contribution < 1.29 is 23.5 Å². The first kappa shape index (κ1) is 21.6. The molecule has 30 heavy (non-hydrogen) atoms. The summed E-state index contributed by atoms with van der Waals surface area (Å²) in [6, 6.07) is 13.2. The number of benzene rings is 2. The van der Waals surface area contributed by atoms with E-state index >= 15 is 0 Å². The predicted molar refractivity (Wildman–Crippen MR) is 112 cm³/mol. The number of hydrogen-bond donors (Lipinski definition) is 2. The summed E-state index contributed by atoms with van der Waals surface area (Å²) in [5, 5.41) is 5.65. The molecule has 6 nitrogen and oxygen atoms in total. The molecule has 1 aliphatic carbocycles. The van der Waals surface area contributed by atoms with Gasteiger partial charge in [-0.3, -0.25) is 10.1 Å². The highest BCUT2D eigenvalue weighted by molar-refractivity contribution is 5.84. The predicted octanol–water partition coefficient (Wildman–Crippen LogP) is 4.44. The van der Waals surface area contributed by atoms with Crippen LogP contribution in [0.3, 0.4) is 0 Å². The van der Waals surface area contributed by atoms with Crippen molar-refractivity contribution in [3.8, 4) is 5.75 Å². The van der Waals surface area contributed by atoms with E-state index in [0.717, 1.165) is 30.6 Å². The summed E-state index contributed by atoms with van der Waals surface area (Å²) in [5.74, 6) is 0.416. The van der Waals surface area contributed by atoms with Gasteiger partial charge in [0, 0.05) is 24.6 Å². The van der Waals surface area contributed by atoms with Crippen LogP contribution >= 0.6 is 0 Å². The lowest BCUT2D eigenvalue weighted by molar-refractivity contribution is -0.122. The lowest BCUT2D eigenvalue weighted by atomic mass is 9.92. The van der Waals surface area contributed by atoms with Crippen molar-refractivity contribution in [2.45, 2.75) is 50.7 Å². The van der Waals surface area contributed by atoms with Gasteiger partial charge in [0.25, 0.3) is 0 Å². The van der Waals surface area contributed by atoms with E-state index in [4.69, 9.17) is 9.47 Å². The van der Waals surface area contributed by atoms with Crippen molar-refractivity contribution in [2.75, 3.05) is 12.4 Å². The minimum Gasteiger partial charge on any atom is -0.497 e. The van der Waals surface area contributed by atoms with Crippen LogP contribution < -0.4 is 15.4 Å². The summed E-state index contributed by atoms with van der Waals surface area (Å²) in [4.78, 5) is 24.4. The molecule has 2 aromatic rings. The first-order valence-corrected chi connectivity index (χ1v) is 10.2. The molecule has 0 saturated heterocycles. The van der Waals surface area contributed by atoms with E-state index in [0.29, 0.717) is 24.9 Å². The number of halogens is 1. The number of nitrogens with one attached hydrogen (secondary N) is 2. The van der Waals surface area contributed by atoms with Gasteiger partial charge in [-0.1, -0.05) is 12.1 Å². The van der Waals surface area contributed by atoms with Crippen molar-refractivity contribution in [1.29, 1.82) is 0 Å². The van der Waals surface area contributed by atoms with E-state index in [-0.39, 0.29) is 23.9 Å². The van der Waals surface area contributed by atoms with Crippen LogP contribution in [0.4, 0.5) is 14.9 Å². The average Bonchev–Trinajstić information content (AvgIpc) is 2.74. The summed E-state index contributed by atoms with van der Waals surface area (Å²) in [6.07, 6.45) is 3.32. The summed E-state index contributed by atoms with van der Waals surface area (Å²) in [5.41, 5.74) is 1.55. The Labute approximate surface area is 175 Å². The van der Waals surface area contributed by atoms with Crippen molar-refractivity contribution in [2.24, 2.45) is 0 Å². The minimum absolute atomic E-state index is 0.00719. The molecule has 0 aromatic heterocycles. The Kier molecular flexibility index (Phi) is 7.65. The van der Waals surface area contributed by atoms with Gasteiger partial charge in [-0.15, -0.1) is 0 Å². The first-order chi connectivity index (χ1) is 14.5. The molecule has 1 fully saturated rings. The van der Waals surface area contributed by atoms with E-state index in [9.17, 15) is 14.0 Å². The van der Waals surface area contributed by atoms with Gasteiger partial charge in [-0.05, 0) is 67.6 Å². The lowest BCUT2D eigenvalue weighted by Gasteiger charge is -2.29. The Balaban J connectivity index is 1.40. The molecule has 7 heteroatoms. The summed E-state index contributed by atoms with van der Waals surface area (Å²) < 4.78 is 23.6. The maximum absolute atomic E-state index is 12.9. The number of aryl methyl sites for hydroxylation is 1. The van der Waals surface area contributed by atoms with Crippen molar-refractivity contribution in [3.63, 3.8) is 0 Å². The number of hydrogen-bond acceptors (Lipinski definition) is 4. The molecule has 0 spiro atoms. The third kappa shape index (κ3) is 6.76. The zero-order chi connectivity index (χ0) is 21.3. The fourth-order valence-corrected chi connectivity index (χ4v) is 3.56. The van der Waals surface area contributed by atoms with Gasteiger partial charge in [-0.2, -0.15) is 0 Å². The second-order valence-electron chi connectivity index (χ2n) is 7.44. The van der Waals surface area contributed by atoms with Crippen molar-refractivity contribution >= 4 is 17.7 Å². The van der Waals surface area contributed by atoms with Gasteiger partial charge in [0.1, 0.15) is 17.7 Å². The second-order valence-corrected chi connectivity index (χ2v) is 7.44. The SMILES string of the molecule is COc1ccc(CCC(=O)N[C@H]2CCC[C@@H](OC(=O)Nc3ccc(F)cc3)C2)cc1.